The van der Waals surface area contributed by atoms with Crippen molar-refractivity contribution in [1.82, 2.24) is 10.2 Å². The fraction of sp³-hybridized carbons (Fsp3) is 0.235. The van der Waals surface area contributed by atoms with Crippen LogP contribution in [-0.2, 0) is 13.1 Å². The van der Waals surface area contributed by atoms with Gasteiger partial charge in [0, 0.05) is 18.1 Å². The molecule has 0 radical (unpaired) electrons. The lowest BCUT2D eigenvalue weighted by Gasteiger charge is -2.14. The van der Waals surface area contributed by atoms with Gasteiger partial charge in [-0.15, -0.1) is 0 Å². The Kier molecular flexibility index (Phi) is 5.52. The van der Waals surface area contributed by atoms with E-state index >= 15 is 0 Å². The van der Waals surface area contributed by atoms with E-state index in [2.05, 4.69) is 10.2 Å². The van der Waals surface area contributed by atoms with Gasteiger partial charge in [-0.05, 0) is 43.4 Å². The number of carbonyl (C=O) groups excluding carboxylic acids is 1. The molecule has 0 spiro atoms. The number of amides is 1. The normalized spacial score (nSPS) is 10.8. The molecule has 5 heteroatoms. The quantitative estimate of drug-likeness (QED) is 0.915. The predicted octanol–water partition coefficient (Wildman–Crippen LogP) is 3.47. The van der Waals surface area contributed by atoms with Gasteiger partial charge in [-0.2, -0.15) is 0 Å². The van der Waals surface area contributed by atoms with E-state index in [0.29, 0.717) is 6.54 Å². The molecular formula is C17H18ClFN2O. The zero-order chi connectivity index (χ0) is 16.1. The van der Waals surface area contributed by atoms with Crippen LogP contribution in [0.25, 0.3) is 0 Å². The van der Waals surface area contributed by atoms with Crippen LogP contribution in [0.5, 0.6) is 0 Å². The van der Waals surface area contributed by atoms with Crippen LogP contribution in [0.2, 0.25) is 5.02 Å². The lowest BCUT2D eigenvalue weighted by atomic mass is 10.1. The molecule has 2 aromatic rings. The fourth-order valence-electron chi connectivity index (χ4n) is 2.17. The van der Waals surface area contributed by atoms with Gasteiger partial charge in [-0.25, -0.2) is 4.39 Å². The smallest absolute Gasteiger partial charge is 0.254 e. The van der Waals surface area contributed by atoms with Gasteiger partial charge in [0.1, 0.15) is 5.82 Å². The largest absolute Gasteiger partial charge is 0.348 e. The number of hydrogen-bond acceptors (Lipinski definition) is 2. The Morgan fingerprint density at radius 3 is 2.50 bits per heavy atom. The number of rotatable bonds is 5. The van der Waals surface area contributed by atoms with Gasteiger partial charge in [0.05, 0.1) is 5.56 Å². The summed E-state index contributed by atoms with van der Waals surface area (Å²) < 4.78 is 13.7. The van der Waals surface area contributed by atoms with Crippen LogP contribution in [0, 0.1) is 5.82 Å². The van der Waals surface area contributed by atoms with E-state index in [0.717, 1.165) is 23.7 Å². The predicted molar refractivity (Wildman–Crippen MR) is 86.4 cm³/mol. The molecule has 0 atom stereocenters. The molecule has 0 heterocycles. The van der Waals surface area contributed by atoms with Crippen LogP contribution in [0.15, 0.2) is 42.5 Å². The molecule has 0 aromatic heterocycles. The number of hydrogen-bond donors (Lipinski definition) is 1. The average Bonchev–Trinajstić information content (AvgIpc) is 2.45. The van der Waals surface area contributed by atoms with Crippen molar-refractivity contribution < 1.29 is 9.18 Å². The molecule has 1 N–H and O–H groups in total. The minimum Gasteiger partial charge on any atom is -0.348 e. The van der Waals surface area contributed by atoms with E-state index in [-0.39, 0.29) is 10.6 Å². The second-order valence-electron chi connectivity index (χ2n) is 5.31. The molecule has 116 valence electrons. The van der Waals surface area contributed by atoms with Crippen LogP contribution in [0.4, 0.5) is 4.39 Å². The number of carbonyl (C=O) groups is 1. The van der Waals surface area contributed by atoms with Crippen molar-refractivity contribution in [3.05, 3.63) is 70.0 Å². The Morgan fingerprint density at radius 2 is 1.86 bits per heavy atom. The Hall–Kier alpha value is -1.91. The highest BCUT2D eigenvalue weighted by Gasteiger charge is 2.12. The van der Waals surface area contributed by atoms with Crippen molar-refractivity contribution in [1.29, 1.82) is 0 Å². The first-order valence-electron chi connectivity index (χ1n) is 6.92. The summed E-state index contributed by atoms with van der Waals surface area (Å²) in [5.74, 6) is -1.07. The fourth-order valence-corrected chi connectivity index (χ4v) is 2.33. The molecule has 0 fully saturated rings. The third kappa shape index (κ3) is 4.29. The average molecular weight is 321 g/mol. The zero-order valence-corrected chi connectivity index (χ0v) is 13.3. The molecule has 0 bridgehead atoms. The van der Waals surface area contributed by atoms with Crippen LogP contribution in [0.1, 0.15) is 21.5 Å². The summed E-state index contributed by atoms with van der Waals surface area (Å²) in [6.45, 7) is 1.13. The standard InChI is InChI=1S/C17H18ClFN2O/c1-21(2)11-13-6-4-3-5-12(13)10-20-17(22)15-8-7-14(18)9-16(15)19/h3-9H,10-11H2,1-2H3,(H,20,22). The monoisotopic (exact) mass is 320 g/mol. The first-order valence-corrected chi connectivity index (χ1v) is 7.30. The summed E-state index contributed by atoms with van der Waals surface area (Å²) >= 11 is 5.69. The van der Waals surface area contributed by atoms with Crippen molar-refractivity contribution in [2.45, 2.75) is 13.1 Å². The highest BCUT2D eigenvalue weighted by Crippen LogP contribution is 2.15. The molecule has 2 aromatic carbocycles. The third-order valence-electron chi connectivity index (χ3n) is 3.22. The molecule has 0 unspecified atom stereocenters. The Balaban J connectivity index is 2.08. The van der Waals surface area contributed by atoms with E-state index in [1.807, 2.05) is 38.4 Å². The van der Waals surface area contributed by atoms with E-state index in [4.69, 9.17) is 11.6 Å². The SMILES string of the molecule is CN(C)Cc1ccccc1CNC(=O)c1ccc(Cl)cc1F. The highest BCUT2D eigenvalue weighted by atomic mass is 35.5. The lowest BCUT2D eigenvalue weighted by molar-refractivity contribution is 0.0947. The molecule has 0 aliphatic carbocycles. The minimum absolute atomic E-state index is 0.00510. The van der Waals surface area contributed by atoms with Crippen molar-refractivity contribution >= 4 is 17.5 Å². The summed E-state index contributed by atoms with van der Waals surface area (Å²) in [7, 11) is 3.97. The van der Waals surface area contributed by atoms with Gasteiger partial charge in [0.25, 0.3) is 5.91 Å². The lowest BCUT2D eigenvalue weighted by Crippen LogP contribution is -2.25. The van der Waals surface area contributed by atoms with Crippen LogP contribution in [-0.4, -0.2) is 24.9 Å². The van der Waals surface area contributed by atoms with Gasteiger partial charge in [0.15, 0.2) is 0 Å². The summed E-state index contributed by atoms with van der Waals surface area (Å²) in [5, 5.41) is 3.02. The van der Waals surface area contributed by atoms with E-state index < -0.39 is 11.7 Å². The number of benzene rings is 2. The first-order chi connectivity index (χ1) is 10.5. The Morgan fingerprint density at radius 1 is 1.18 bits per heavy atom. The molecule has 3 nitrogen and oxygen atoms in total. The molecule has 0 saturated carbocycles. The van der Waals surface area contributed by atoms with Crippen molar-refractivity contribution in [2.24, 2.45) is 0 Å². The van der Waals surface area contributed by atoms with Crippen molar-refractivity contribution in [3.8, 4) is 0 Å². The maximum Gasteiger partial charge on any atom is 0.254 e. The maximum absolute atomic E-state index is 13.7. The topological polar surface area (TPSA) is 32.3 Å². The Labute approximate surface area is 134 Å². The first kappa shape index (κ1) is 16.5. The Bertz CT molecular complexity index is 673. The summed E-state index contributed by atoms with van der Waals surface area (Å²) in [6, 6.07) is 11.9. The van der Waals surface area contributed by atoms with Gasteiger partial charge < -0.3 is 10.2 Å². The molecule has 2 rings (SSSR count). The van der Waals surface area contributed by atoms with E-state index in [9.17, 15) is 9.18 Å². The zero-order valence-electron chi connectivity index (χ0n) is 12.6. The minimum atomic E-state index is -0.619. The van der Waals surface area contributed by atoms with Crippen LogP contribution >= 0.6 is 11.6 Å². The van der Waals surface area contributed by atoms with Crippen molar-refractivity contribution in [2.75, 3.05) is 14.1 Å². The van der Waals surface area contributed by atoms with E-state index in [1.54, 1.807) is 0 Å². The number of nitrogens with zero attached hydrogens (tertiary/aromatic N) is 1. The van der Waals surface area contributed by atoms with Crippen LogP contribution < -0.4 is 5.32 Å². The summed E-state index contributed by atoms with van der Waals surface area (Å²) in [5.41, 5.74) is 2.14. The van der Waals surface area contributed by atoms with Crippen molar-refractivity contribution in [3.63, 3.8) is 0 Å². The number of nitrogens with one attached hydrogen (secondary N) is 1. The summed E-state index contributed by atoms with van der Waals surface area (Å²) in [6.07, 6.45) is 0. The molecule has 0 saturated heterocycles. The molecule has 0 aliphatic heterocycles. The van der Waals surface area contributed by atoms with Gasteiger partial charge in [-0.1, -0.05) is 35.9 Å². The summed E-state index contributed by atoms with van der Waals surface area (Å²) in [4.78, 5) is 14.1. The van der Waals surface area contributed by atoms with Gasteiger partial charge >= 0.3 is 0 Å². The second kappa shape index (κ2) is 7.38. The third-order valence-corrected chi connectivity index (χ3v) is 3.46. The highest BCUT2D eigenvalue weighted by molar-refractivity contribution is 6.30. The molecule has 0 aliphatic rings. The molecule has 1 amide bonds. The molecule has 22 heavy (non-hydrogen) atoms. The van der Waals surface area contributed by atoms with E-state index in [1.165, 1.54) is 12.1 Å². The van der Waals surface area contributed by atoms with Gasteiger partial charge in [0.2, 0.25) is 0 Å². The van der Waals surface area contributed by atoms with Crippen LogP contribution in [0.3, 0.4) is 0 Å². The molecular weight excluding hydrogens is 303 g/mol. The maximum atomic E-state index is 13.7. The van der Waals surface area contributed by atoms with Gasteiger partial charge in [-0.3, -0.25) is 4.79 Å². The number of halogens is 2. The second-order valence-corrected chi connectivity index (χ2v) is 5.75.